The predicted octanol–water partition coefficient (Wildman–Crippen LogP) is 2.96. The molecule has 0 unspecified atom stereocenters. The van der Waals surface area contributed by atoms with Crippen molar-refractivity contribution in [1.29, 1.82) is 0 Å². The van der Waals surface area contributed by atoms with Gasteiger partial charge in [0.2, 0.25) is 0 Å². The quantitative estimate of drug-likeness (QED) is 0.841. The summed E-state index contributed by atoms with van der Waals surface area (Å²) < 4.78 is 0.757. The highest BCUT2D eigenvalue weighted by molar-refractivity contribution is 9.10. The average Bonchev–Trinajstić information content (AvgIpc) is 2.56. The van der Waals surface area contributed by atoms with Crippen LogP contribution in [0, 0.1) is 0 Å². The van der Waals surface area contributed by atoms with Crippen molar-refractivity contribution in [3.8, 4) is 0 Å². The first kappa shape index (κ1) is 15.8. The summed E-state index contributed by atoms with van der Waals surface area (Å²) in [7, 11) is 0. The van der Waals surface area contributed by atoms with Crippen LogP contribution in [0.5, 0.6) is 0 Å². The molecule has 0 spiro atoms. The molecule has 1 amide bonds. The van der Waals surface area contributed by atoms with E-state index in [0.717, 1.165) is 37.1 Å². The lowest BCUT2D eigenvalue weighted by atomic mass is 10.2. The van der Waals surface area contributed by atoms with Gasteiger partial charge in [-0.1, -0.05) is 11.6 Å². The Morgan fingerprint density at radius 1 is 1.33 bits per heavy atom. The predicted molar refractivity (Wildman–Crippen MR) is 79.8 cm³/mol. The number of hydrogen-bond acceptors (Lipinski definition) is 2. The zero-order chi connectivity index (χ0) is 12.3. The number of amides is 1. The smallest absolute Gasteiger partial charge is 0.255 e. The van der Waals surface area contributed by atoms with Crippen molar-refractivity contribution < 1.29 is 4.79 Å². The second-order valence-corrected chi connectivity index (χ2v) is 5.31. The number of benzene rings is 1. The lowest BCUT2D eigenvalue weighted by Gasteiger charge is -2.20. The van der Waals surface area contributed by atoms with E-state index in [9.17, 15) is 4.79 Å². The molecule has 0 saturated carbocycles. The Kier molecular flexibility index (Phi) is 6.43. The molecule has 1 N–H and O–H groups in total. The van der Waals surface area contributed by atoms with Crippen LogP contribution in [0.15, 0.2) is 22.7 Å². The lowest BCUT2D eigenvalue weighted by Crippen LogP contribution is -2.34. The summed E-state index contributed by atoms with van der Waals surface area (Å²) in [6, 6.07) is 5.27. The van der Waals surface area contributed by atoms with Crippen molar-refractivity contribution in [3.05, 3.63) is 33.3 Å². The Hall–Kier alpha value is -0.290. The Bertz CT molecular complexity index is 421. The minimum Gasteiger partial charge on any atom is -0.337 e. The van der Waals surface area contributed by atoms with Gasteiger partial charge >= 0.3 is 0 Å². The van der Waals surface area contributed by atoms with Crippen LogP contribution in [0.1, 0.15) is 16.8 Å². The molecule has 6 heteroatoms. The van der Waals surface area contributed by atoms with E-state index in [1.165, 1.54) is 0 Å². The molecule has 100 valence electrons. The molecule has 1 heterocycles. The Morgan fingerprint density at radius 2 is 2.11 bits per heavy atom. The van der Waals surface area contributed by atoms with Crippen LogP contribution in [-0.4, -0.2) is 37.0 Å². The number of nitrogens with one attached hydrogen (secondary N) is 1. The Labute approximate surface area is 126 Å². The molecule has 1 fully saturated rings. The molecule has 0 aliphatic carbocycles. The van der Waals surface area contributed by atoms with Gasteiger partial charge in [0.25, 0.3) is 5.91 Å². The third-order valence-corrected chi connectivity index (χ3v) is 3.68. The molecular weight excluding hydrogens is 339 g/mol. The first-order valence-corrected chi connectivity index (χ1v) is 6.80. The molecule has 0 radical (unpaired) electrons. The van der Waals surface area contributed by atoms with Crippen molar-refractivity contribution in [2.75, 3.05) is 26.2 Å². The standard InChI is InChI=1S/C12H14BrClN2O.ClH/c13-11-8-9(14)2-3-10(11)12(17)16-6-1-4-15-5-7-16;/h2-3,8,15H,1,4-7H2;1H. The van der Waals surface area contributed by atoms with Gasteiger partial charge in [-0.15, -0.1) is 12.4 Å². The highest BCUT2D eigenvalue weighted by Gasteiger charge is 2.19. The van der Waals surface area contributed by atoms with Gasteiger partial charge in [0, 0.05) is 29.1 Å². The highest BCUT2D eigenvalue weighted by atomic mass is 79.9. The molecular formula is C12H15BrCl2N2O. The topological polar surface area (TPSA) is 32.3 Å². The summed E-state index contributed by atoms with van der Waals surface area (Å²) in [5, 5.41) is 3.91. The minimum absolute atomic E-state index is 0. The molecule has 1 saturated heterocycles. The third kappa shape index (κ3) is 3.85. The maximum absolute atomic E-state index is 12.3. The highest BCUT2D eigenvalue weighted by Crippen LogP contribution is 2.23. The van der Waals surface area contributed by atoms with Crippen molar-refractivity contribution in [2.24, 2.45) is 0 Å². The van der Waals surface area contributed by atoms with Gasteiger partial charge in [0.1, 0.15) is 0 Å². The molecule has 1 aromatic rings. The zero-order valence-electron chi connectivity index (χ0n) is 9.79. The van der Waals surface area contributed by atoms with Crippen LogP contribution in [0.25, 0.3) is 0 Å². The van der Waals surface area contributed by atoms with Gasteiger partial charge in [-0.3, -0.25) is 4.79 Å². The van der Waals surface area contributed by atoms with Crippen LogP contribution in [0.3, 0.4) is 0 Å². The molecule has 0 bridgehead atoms. The second-order valence-electron chi connectivity index (χ2n) is 4.02. The molecule has 1 aliphatic rings. The van der Waals surface area contributed by atoms with Gasteiger partial charge in [0.15, 0.2) is 0 Å². The van der Waals surface area contributed by atoms with E-state index in [1.54, 1.807) is 18.2 Å². The first-order chi connectivity index (χ1) is 8.18. The molecule has 3 nitrogen and oxygen atoms in total. The monoisotopic (exact) mass is 352 g/mol. The van der Waals surface area contributed by atoms with Crippen LogP contribution in [-0.2, 0) is 0 Å². The number of rotatable bonds is 1. The van der Waals surface area contributed by atoms with Crippen LogP contribution in [0.2, 0.25) is 5.02 Å². The number of hydrogen-bond donors (Lipinski definition) is 1. The summed E-state index contributed by atoms with van der Waals surface area (Å²) in [4.78, 5) is 14.2. The van der Waals surface area contributed by atoms with E-state index in [1.807, 2.05) is 4.90 Å². The first-order valence-electron chi connectivity index (χ1n) is 5.63. The fourth-order valence-electron chi connectivity index (χ4n) is 1.88. The summed E-state index contributed by atoms with van der Waals surface area (Å²) in [5.41, 5.74) is 0.677. The largest absolute Gasteiger partial charge is 0.337 e. The number of nitrogens with zero attached hydrogens (tertiary/aromatic N) is 1. The molecule has 1 aliphatic heterocycles. The van der Waals surface area contributed by atoms with Gasteiger partial charge in [0.05, 0.1) is 5.56 Å². The SMILES string of the molecule is Cl.O=C(c1ccc(Cl)cc1Br)N1CCCNCC1. The van der Waals surface area contributed by atoms with Crippen LogP contribution < -0.4 is 5.32 Å². The summed E-state index contributed by atoms with van der Waals surface area (Å²) in [6.07, 6.45) is 0.997. The third-order valence-electron chi connectivity index (χ3n) is 2.79. The Balaban J connectivity index is 0.00000162. The fourth-order valence-corrected chi connectivity index (χ4v) is 2.73. The van der Waals surface area contributed by atoms with Crippen molar-refractivity contribution in [2.45, 2.75) is 6.42 Å². The number of halogens is 3. The second kappa shape index (κ2) is 7.34. The molecule has 0 atom stereocenters. The maximum Gasteiger partial charge on any atom is 0.255 e. The Morgan fingerprint density at radius 3 is 2.83 bits per heavy atom. The van der Waals surface area contributed by atoms with Gasteiger partial charge in [-0.2, -0.15) is 0 Å². The van der Waals surface area contributed by atoms with Crippen molar-refractivity contribution in [1.82, 2.24) is 10.2 Å². The van der Waals surface area contributed by atoms with Gasteiger partial charge < -0.3 is 10.2 Å². The fraction of sp³-hybridized carbons (Fsp3) is 0.417. The van der Waals surface area contributed by atoms with E-state index >= 15 is 0 Å². The zero-order valence-corrected chi connectivity index (χ0v) is 12.9. The average molecular weight is 354 g/mol. The van der Waals surface area contributed by atoms with E-state index in [-0.39, 0.29) is 18.3 Å². The summed E-state index contributed by atoms with van der Waals surface area (Å²) >= 11 is 9.25. The lowest BCUT2D eigenvalue weighted by molar-refractivity contribution is 0.0765. The minimum atomic E-state index is 0. The van der Waals surface area contributed by atoms with Crippen molar-refractivity contribution in [3.63, 3.8) is 0 Å². The molecule has 0 aromatic heterocycles. The molecule has 1 aromatic carbocycles. The van der Waals surface area contributed by atoms with E-state index in [4.69, 9.17) is 11.6 Å². The van der Waals surface area contributed by atoms with Crippen molar-refractivity contribution >= 4 is 45.8 Å². The number of carbonyl (C=O) groups excluding carboxylic acids is 1. The van der Waals surface area contributed by atoms with E-state index in [2.05, 4.69) is 21.2 Å². The van der Waals surface area contributed by atoms with Gasteiger partial charge in [-0.05, 0) is 47.1 Å². The normalized spacial score (nSPS) is 15.8. The maximum atomic E-state index is 12.3. The molecule has 2 rings (SSSR count). The van der Waals surface area contributed by atoms with Crippen LogP contribution in [0.4, 0.5) is 0 Å². The van der Waals surface area contributed by atoms with E-state index < -0.39 is 0 Å². The van der Waals surface area contributed by atoms with Gasteiger partial charge in [-0.25, -0.2) is 0 Å². The summed E-state index contributed by atoms with van der Waals surface area (Å²) in [6.45, 7) is 3.40. The van der Waals surface area contributed by atoms with E-state index in [0.29, 0.717) is 10.6 Å². The molecule has 18 heavy (non-hydrogen) atoms. The number of carbonyl (C=O) groups is 1. The van der Waals surface area contributed by atoms with Crippen LogP contribution >= 0.6 is 39.9 Å². The summed E-state index contributed by atoms with van der Waals surface area (Å²) in [5.74, 6) is 0.0669.